The first-order valence-electron chi connectivity index (χ1n) is 10.0. The molecule has 7 heteroatoms. The number of esters is 1. The minimum Gasteiger partial charge on any atom is -0.466 e. The van der Waals surface area contributed by atoms with Crippen molar-refractivity contribution >= 4 is 11.9 Å². The number of carbonyl (C=O) groups is 1. The maximum absolute atomic E-state index is 12.0. The van der Waals surface area contributed by atoms with E-state index in [4.69, 9.17) is 9.72 Å². The summed E-state index contributed by atoms with van der Waals surface area (Å²) in [5, 5.41) is 4.64. The molecule has 1 aliphatic rings. The highest BCUT2D eigenvalue weighted by Crippen LogP contribution is 2.26. The fourth-order valence-corrected chi connectivity index (χ4v) is 3.65. The predicted octanol–water partition coefficient (Wildman–Crippen LogP) is 3.42. The van der Waals surface area contributed by atoms with Crippen LogP contribution in [0.1, 0.15) is 25.5 Å². The van der Waals surface area contributed by atoms with E-state index in [1.54, 1.807) is 6.20 Å². The zero-order valence-corrected chi connectivity index (χ0v) is 16.8. The Bertz CT molecular complexity index is 978. The van der Waals surface area contributed by atoms with Crippen molar-refractivity contribution in [1.29, 1.82) is 0 Å². The number of aromatic nitrogens is 4. The number of nitrogens with zero attached hydrogens (tertiary/aromatic N) is 5. The molecule has 0 saturated carbocycles. The monoisotopic (exact) mass is 391 g/mol. The lowest BCUT2D eigenvalue weighted by Gasteiger charge is -2.30. The fourth-order valence-electron chi connectivity index (χ4n) is 3.65. The molecule has 7 nitrogen and oxygen atoms in total. The van der Waals surface area contributed by atoms with Crippen LogP contribution in [0, 0.1) is 12.8 Å². The minimum atomic E-state index is -0.0919. The second-order valence-electron chi connectivity index (χ2n) is 7.16. The van der Waals surface area contributed by atoms with Crippen LogP contribution in [-0.2, 0) is 9.53 Å². The highest BCUT2D eigenvalue weighted by Gasteiger charge is 2.27. The molecular weight excluding hydrogens is 366 g/mol. The molecule has 0 aliphatic carbocycles. The molecule has 150 valence electrons. The second-order valence-corrected chi connectivity index (χ2v) is 7.16. The van der Waals surface area contributed by atoms with Gasteiger partial charge in [-0.05, 0) is 44.9 Å². The summed E-state index contributed by atoms with van der Waals surface area (Å²) in [5.41, 5.74) is 3.76. The first-order chi connectivity index (χ1) is 14.2. The number of ether oxygens (including phenoxy) is 1. The van der Waals surface area contributed by atoms with Crippen LogP contribution in [0.2, 0.25) is 0 Å². The second kappa shape index (κ2) is 8.43. The summed E-state index contributed by atoms with van der Waals surface area (Å²) in [6.07, 6.45) is 5.31. The van der Waals surface area contributed by atoms with Crippen molar-refractivity contribution in [2.45, 2.75) is 26.7 Å². The Hall–Kier alpha value is -3.22. The molecule has 1 aliphatic heterocycles. The molecule has 0 radical (unpaired) electrons. The highest BCUT2D eigenvalue weighted by molar-refractivity contribution is 5.72. The Labute approximate surface area is 170 Å². The molecule has 0 amide bonds. The van der Waals surface area contributed by atoms with Gasteiger partial charge in [-0.25, -0.2) is 14.6 Å². The lowest BCUT2D eigenvalue weighted by Crippen LogP contribution is -2.37. The van der Waals surface area contributed by atoms with Crippen LogP contribution in [0.4, 0.5) is 5.95 Å². The van der Waals surface area contributed by atoms with E-state index in [-0.39, 0.29) is 11.9 Å². The Balaban J connectivity index is 1.52. The van der Waals surface area contributed by atoms with Crippen LogP contribution in [0.25, 0.3) is 16.9 Å². The quantitative estimate of drug-likeness (QED) is 0.621. The zero-order valence-electron chi connectivity index (χ0n) is 16.8. The van der Waals surface area contributed by atoms with Gasteiger partial charge in [0.1, 0.15) is 0 Å². The van der Waals surface area contributed by atoms with E-state index in [0.717, 1.165) is 48.6 Å². The normalized spacial score (nSPS) is 14.8. The molecule has 0 bridgehead atoms. The van der Waals surface area contributed by atoms with Gasteiger partial charge in [-0.1, -0.05) is 18.2 Å². The summed E-state index contributed by atoms with van der Waals surface area (Å²) in [6, 6.07) is 11.9. The van der Waals surface area contributed by atoms with Gasteiger partial charge in [-0.2, -0.15) is 5.10 Å². The molecule has 0 spiro atoms. The van der Waals surface area contributed by atoms with E-state index >= 15 is 0 Å². The third kappa shape index (κ3) is 4.13. The molecule has 4 rings (SSSR count). The first-order valence-corrected chi connectivity index (χ1v) is 10.0. The number of hydrogen-bond acceptors (Lipinski definition) is 6. The van der Waals surface area contributed by atoms with E-state index in [1.807, 2.05) is 61.1 Å². The Morgan fingerprint density at radius 2 is 1.93 bits per heavy atom. The topological polar surface area (TPSA) is 73.1 Å². The molecule has 1 aromatic carbocycles. The van der Waals surface area contributed by atoms with Crippen LogP contribution in [0.15, 0.2) is 48.8 Å². The number of benzene rings is 1. The van der Waals surface area contributed by atoms with Gasteiger partial charge in [0.25, 0.3) is 0 Å². The van der Waals surface area contributed by atoms with E-state index in [0.29, 0.717) is 12.6 Å². The van der Waals surface area contributed by atoms with Gasteiger partial charge in [0.05, 0.1) is 29.6 Å². The number of piperidine rings is 1. The summed E-state index contributed by atoms with van der Waals surface area (Å²) in [6.45, 7) is 5.75. The average Bonchev–Trinajstić information content (AvgIpc) is 3.16. The first kappa shape index (κ1) is 19.1. The van der Waals surface area contributed by atoms with Crippen LogP contribution in [-0.4, -0.2) is 45.4 Å². The lowest BCUT2D eigenvalue weighted by molar-refractivity contribution is -0.148. The molecule has 0 atom stereocenters. The van der Waals surface area contributed by atoms with Crippen molar-refractivity contribution in [2.75, 3.05) is 24.6 Å². The van der Waals surface area contributed by atoms with Gasteiger partial charge >= 0.3 is 5.97 Å². The summed E-state index contributed by atoms with van der Waals surface area (Å²) >= 11 is 0. The molecular formula is C22H25N5O2. The smallest absolute Gasteiger partial charge is 0.309 e. The molecule has 3 heterocycles. The van der Waals surface area contributed by atoms with E-state index < -0.39 is 0 Å². The minimum absolute atomic E-state index is 0.0271. The SMILES string of the molecule is CCOC(=O)C1CCN(c2nccc(-c3cn(-c4ccccc4)nc3C)n2)CC1. The number of hydrogen-bond donors (Lipinski definition) is 0. The number of rotatable bonds is 5. The molecule has 0 unspecified atom stereocenters. The average molecular weight is 391 g/mol. The third-order valence-electron chi connectivity index (χ3n) is 5.24. The maximum atomic E-state index is 12.0. The van der Waals surface area contributed by atoms with Crippen LogP contribution in [0.3, 0.4) is 0 Å². The summed E-state index contributed by atoms with van der Waals surface area (Å²) in [7, 11) is 0. The van der Waals surface area contributed by atoms with Crippen LogP contribution in [0.5, 0.6) is 0 Å². The molecule has 29 heavy (non-hydrogen) atoms. The summed E-state index contributed by atoms with van der Waals surface area (Å²) in [4.78, 5) is 23.3. The van der Waals surface area contributed by atoms with Crippen molar-refractivity contribution in [2.24, 2.45) is 5.92 Å². The largest absolute Gasteiger partial charge is 0.466 e. The van der Waals surface area contributed by atoms with Crippen molar-refractivity contribution in [3.05, 3.63) is 54.5 Å². The van der Waals surface area contributed by atoms with Gasteiger partial charge in [0, 0.05) is 31.0 Å². The van der Waals surface area contributed by atoms with Gasteiger partial charge in [-0.15, -0.1) is 0 Å². The Kier molecular flexibility index (Phi) is 5.55. The molecule has 1 fully saturated rings. The van der Waals surface area contributed by atoms with Crippen molar-refractivity contribution in [3.8, 4) is 16.9 Å². The van der Waals surface area contributed by atoms with E-state index in [1.165, 1.54) is 0 Å². The van der Waals surface area contributed by atoms with Crippen molar-refractivity contribution in [1.82, 2.24) is 19.7 Å². The van der Waals surface area contributed by atoms with Gasteiger partial charge in [-0.3, -0.25) is 4.79 Å². The standard InChI is InChI=1S/C22H25N5O2/c1-3-29-21(28)17-10-13-26(14-11-17)22-23-12-9-20(24-22)19-15-27(25-16(19)2)18-7-5-4-6-8-18/h4-9,12,15,17H,3,10-11,13-14H2,1-2H3. The molecule has 1 saturated heterocycles. The van der Waals surface area contributed by atoms with Gasteiger partial charge in [0.2, 0.25) is 5.95 Å². The lowest BCUT2D eigenvalue weighted by atomic mass is 9.97. The summed E-state index contributed by atoms with van der Waals surface area (Å²) in [5.74, 6) is 0.572. The summed E-state index contributed by atoms with van der Waals surface area (Å²) < 4.78 is 7.03. The number of anilines is 1. The van der Waals surface area contributed by atoms with Gasteiger partial charge in [0.15, 0.2) is 0 Å². The molecule has 3 aromatic rings. The Morgan fingerprint density at radius 3 is 2.66 bits per heavy atom. The fraction of sp³-hybridized carbons (Fsp3) is 0.364. The molecule has 0 N–H and O–H groups in total. The highest BCUT2D eigenvalue weighted by atomic mass is 16.5. The Morgan fingerprint density at radius 1 is 1.17 bits per heavy atom. The van der Waals surface area contributed by atoms with E-state index in [9.17, 15) is 4.79 Å². The van der Waals surface area contributed by atoms with Crippen molar-refractivity contribution < 1.29 is 9.53 Å². The number of para-hydroxylation sites is 1. The van der Waals surface area contributed by atoms with Crippen LogP contribution < -0.4 is 4.90 Å². The third-order valence-corrected chi connectivity index (χ3v) is 5.24. The zero-order chi connectivity index (χ0) is 20.2. The molecule has 2 aromatic heterocycles. The number of carbonyl (C=O) groups excluding carboxylic acids is 1. The van der Waals surface area contributed by atoms with Crippen LogP contribution >= 0.6 is 0 Å². The maximum Gasteiger partial charge on any atom is 0.309 e. The van der Waals surface area contributed by atoms with Crippen molar-refractivity contribution in [3.63, 3.8) is 0 Å². The number of aryl methyl sites for hydroxylation is 1. The van der Waals surface area contributed by atoms with Gasteiger partial charge < -0.3 is 9.64 Å². The predicted molar refractivity (Wildman–Crippen MR) is 111 cm³/mol. The van der Waals surface area contributed by atoms with E-state index in [2.05, 4.69) is 15.0 Å².